The van der Waals surface area contributed by atoms with E-state index in [1.165, 1.54) is 0 Å². The highest BCUT2D eigenvalue weighted by molar-refractivity contribution is 6.35. The molecule has 0 saturated carbocycles. The Kier molecular flexibility index (Phi) is 2.87. The van der Waals surface area contributed by atoms with Gasteiger partial charge in [-0.1, -0.05) is 41.9 Å². The third-order valence-corrected chi connectivity index (χ3v) is 2.92. The lowest BCUT2D eigenvalue weighted by atomic mass is 10.2. The first-order valence-corrected chi connectivity index (χ1v) is 5.99. The number of aromatic nitrogens is 1. The molecule has 0 amide bonds. The fraction of sp³-hybridized carbons (Fsp3) is 0. The van der Waals surface area contributed by atoms with Gasteiger partial charge in [-0.15, -0.1) is 0 Å². The minimum absolute atomic E-state index is 0.543. The van der Waals surface area contributed by atoms with E-state index in [0.29, 0.717) is 10.9 Å². The van der Waals surface area contributed by atoms with E-state index in [-0.39, 0.29) is 0 Å². The van der Waals surface area contributed by atoms with Gasteiger partial charge in [0.2, 0.25) is 5.88 Å². The van der Waals surface area contributed by atoms with Crippen LogP contribution >= 0.6 is 11.6 Å². The van der Waals surface area contributed by atoms with Crippen molar-refractivity contribution in [3.05, 3.63) is 65.7 Å². The number of fused-ring (bicyclic) bond motifs is 1. The molecule has 0 bridgehead atoms. The van der Waals surface area contributed by atoms with Crippen molar-refractivity contribution in [3.8, 4) is 11.6 Å². The van der Waals surface area contributed by atoms with Crippen LogP contribution in [0, 0.1) is 0 Å². The highest BCUT2D eigenvalue weighted by Gasteiger charge is 2.03. The topological polar surface area (TPSA) is 22.1 Å². The first-order valence-electron chi connectivity index (χ1n) is 5.61. The second-order valence-electron chi connectivity index (χ2n) is 3.88. The van der Waals surface area contributed by atoms with Crippen LogP contribution in [0.4, 0.5) is 0 Å². The molecule has 1 heterocycles. The Morgan fingerprint density at radius 3 is 2.50 bits per heavy atom. The van der Waals surface area contributed by atoms with Gasteiger partial charge in [-0.3, -0.25) is 0 Å². The van der Waals surface area contributed by atoms with E-state index in [4.69, 9.17) is 16.3 Å². The summed E-state index contributed by atoms with van der Waals surface area (Å²) in [6.45, 7) is 0. The van der Waals surface area contributed by atoms with Crippen molar-refractivity contribution in [1.29, 1.82) is 0 Å². The van der Waals surface area contributed by atoms with Gasteiger partial charge in [-0.05, 0) is 24.3 Å². The number of halogens is 1. The summed E-state index contributed by atoms with van der Waals surface area (Å²) in [5, 5.41) is 1.63. The molecule has 1 aromatic heterocycles. The van der Waals surface area contributed by atoms with Crippen LogP contribution in [0.1, 0.15) is 0 Å². The van der Waals surface area contributed by atoms with E-state index < -0.39 is 0 Å². The Labute approximate surface area is 110 Å². The summed E-state index contributed by atoms with van der Waals surface area (Å²) < 4.78 is 5.67. The number of rotatable bonds is 2. The second kappa shape index (κ2) is 4.67. The molecule has 0 unspecified atom stereocenters. The molecule has 0 fully saturated rings. The maximum atomic E-state index is 6.11. The van der Waals surface area contributed by atoms with Gasteiger partial charge in [0, 0.05) is 11.5 Å². The molecule has 0 aliphatic carbocycles. The Morgan fingerprint density at radius 2 is 1.67 bits per heavy atom. The van der Waals surface area contributed by atoms with E-state index in [0.717, 1.165) is 16.7 Å². The van der Waals surface area contributed by atoms with Crippen LogP contribution in [0.15, 0.2) is 60.7 Å². The number of hydrogen-bond acceptors (Lipinski definition) is 2. The molecule has 0 atom stereocenters. The van der Waals surface area contributed by atoms with Crippen molar-refractivity contribution in [3.63, 3.8) is 0 Å². The summed E-state index contributed by atoms with van der Waals surface area (Å²) in [6, 6.07) is 19.0. The molecule has 0 aliphatic rings. The molecule has 3 heteroatoms. The molecule has 0 saturated heterocycles. The van der Waals surface area contributed by atoms with Crippen molar-refractivity contribution in [2.45, 2.75) is 0 Å². The lowest BCUT2D eigenvalue weighted by Crippen LogP contribution is -1.88. The van der Waals surface area contributed by atoms with Crippen LogP contribution in [0.3, 0.4) is 0 Å². The Morgan fingerprint density at radius 1 is 0.833 bits per heavy atom. The van der Waals surface area contributed by atoms with Gasteiger partial charge in [-0.25, -0.2) is 4.98 Å². The highest BCUT2D eigenvalue weighted by Crippen LogP contribution is 2.26. The van der Waals surface area contributed by atoms with Crippen LogP contribution < -0.4 is 4.74 Å². The normalized spacial score (nSPS) is 10.5. The van der Waals surface area contributed by atoms with Gasteiger partial charge < -0.3 is 4.74 Å². The second-order valence-corrected chi connectivity index (χ2v) is 4.28. The van der Waals surface area contributed by atoms with Crippen molar-refractivity contribution in [2.24, 2.45) is 0 Å². The van der Waals surface area contributed by atoms with E-state index in [9.17, 15) is 0 Å². The molecule has 0 N–H and O–H groups in total. The molecule has 0 aliphatic heterocycles. The maximum Gasteiger partial charge on any atom is 0.219 e. The summed E-state index contributed by atoms with van der Waals surface area (Å²) in [6.07, 6.45) is 0. The number of nitrogens with zero attached hydrogens (tertiary/aromatic N) is 1. The van der Waals surface area contributed by atoms with Crippen LogP contribution in [-0.4, -0.2) is 4.98 Å². The fourth-order valence-corrected chi connectivity index (χ4v) is 1.98. The third kappa shape index (κ3) is 2.15. The maximum absolute atomic E-state index is 6.11. The van der Waals surface area contributed by atoms with E-state index in [1.807, 2.05) is 60.7 Å². The van der Waals surface area contributed by atoms with Crippen LogP contribution in [-0.2, 0) is 0 Å². The zero-order valence-corrected chi connectivity index (χ0v) is 10.3. The summed E-state index contributed by atoms with van der Waals surface area (Å²) in [7, 11) is 0. The van der Waals surface area contributed by atoms with Crippen molar-refractivity contribution >= 4 is 22.5 Å². The Hall–Kier alpha value is -2.06. The molecule has 3 aromatic rings. The molecule has 0 radical (unpaired) electrons. The average Bonchev–Trinajstić information content (AvgIpc) is 2.41. The number of benzene rings is 2. The van der Waals surface area contributed by atoms with Gasteiger partial charge >= 0.3 is 0 Å². The van der Waals surface area contributed by atoms with Crippen molar-refractivity contribution in [1.82, 2.24) is 4.98 Å². The fourth-order valence-electron chi connectivity index (χ4n) is 1.76. The Balaban J connectivity index is 2.01. The zero-order chi connectivity index (χ0) is 12.4. The zero-order valence-electron chi connectivity index (χ0n) is 9.51. The van der Waals surface area contributed by atoms with Crippen molar-refractivity contribution in [2.75, 3.05) is 0 Å². The number of ether oxygens (including phenoxy) is 1. The summed E-state index contributed by atoms with van der Waals surface area (Å²) in [5.74, 6) is 1.30. The van der Waals surface area contributed by atoms with Gasteiger partial charge in [0.15, 0.2) is 0 Å². The monoisotopic (exact) mass is 255 g/mol. The van der Waals surface area contributed by atoms with Gasteiger partial charge in [0.05, 0.1) is 10.5 Å². The SMILES string of the molecule is Clc1cccc2ccc(Oc3ccccc3)nc12. The lowest BCUT2D eigenvalue weighted by Gasteiger charge is -2.06. The number of para-hydroxylation sites is 2. The number of hydrogen-bond donors (Lipinski definition) is 0. The highest BCUT2D eigenvalue weighted by atomic mass is 35.5. The van der Waals surface area contributed by atoms with E-state index >= 15 is 0 Å². The summed E-state index contributed by atoms with van der Waals surface area (Å²) in [5.41, 5.74) is 0.757. The molecule has 3 rings (SSSR count). The van der Waals surface area contributed by atoms with Gasteiger partial charge in [-0.2, -0.15) is 0 Å². The predicted molar refractivity (Wildman–Crippen MR) is 73.3 cm³/mol. The first-order chi connectivity index (χ1) is 8.83. The van der Waals surface area contributed by atoms with E-state index in [1.54, 1.807) is 0 Å². The minimum Gasteiger partial charge on any atom is -0.439 e. The smallest absolute Gasteiger partial charge is 0.219 e. The summed E-state index contributed by atoms with van der Waals surface area (Å²) >= 11 is 6.11. The third-order valence-electron chi connectivity index (χ3n) is 2.61. The Bertz CT molecular complexity index is 682. The quantitative estimate of drug-likeness (QED) is 0.663. The molecule has 18 heavy (non-hydrogen) atoms. The molecule has 2 aromatic carbocycles. The standard InChI is InChI=1S/C15H10ClNO/c16-13-8-4-5-11-9-10-14(17-15(11)13)18-12-6-2-1-3-7-12/h1-10H. The van der Waals surface area contributed by atoms with Gasteiger partial charge in [0.25, 0.3) is 0 Å². The molecule has 2 nitrogen and oxygen atoms in total. The first kappa shape index (κ1) is 11.1. The molecule has 0 spiro atoms. The average molecular weight is 256 g/mol. The predicted octanol–water partition coefficient (Wildman–Crippen LogP) is 4.68. The summed E-state index contributed by atoms with van der Waals surface area (Å²) in [4.78, 5) is 4.42. The largest absolute Gasteiger partial charge is 0.439 e. The molecular weight excluding hydrogens is 246 g/mol. The van der Waals surface area contributed by atoms with Gasteiger partial charge in [0.1, 0.15) is 5.75 Å². The van der Waals surface area contributed by atoms with Crippen LogP contribution in [0.2, 0.25) is 5.02 Å². The lowest BCUT2D eigenvalue weighted by molar-refractivity contribution is 0.465. The molecular formula is C15H10ClNO. The van der Waals surface area contributed by atoms with Crippen molar-refractivity contribution < 1.29 is 4.74 Å². The number of pyridine rings is 1. The van der Waals surface area contributed by atoms with E-state index in [2.05, 4.69) is 4.98 Å². The molecule has 88 valence electrons. The van der Waals surface area contributed by atoms with Crippen LogP contribution in [0.25, 0.3) is 10.9 Å². The minimum atomic E-state index is 0.543. The van der Waals surface area contributed by atoms with Crippen LogP contribution in [0.5, 0.6) is 11.6 Å².